The number of aromatic nitrogens is 2. The Morgan fingerprint density at radius 1 is 1.48 bits per heavy atom. The monoisotopic (exact) mass is 314 g/mol. The topological polar surface area (TPSA) is 75.5 Å². The van der Waals surface area contributed by atoms with E-state index in [1.807, 2.05) is 6.92 Å². The molecular formula is C13H22N4O3S. The van der Waals surface area contributed by atoms with E-state index < -0.39 is 10.0 Å². The third-order valence-electron chi connectivity index (χ3n) is 3.71. The highest BCUT2D eigenvalue weighted by Gasteiger charge is 2.31. The number of carbonyl (C=O) groups is 1. The third kappa shape index (κ3) is 3.44. The van der Waals surface area contributed by atoms with Crippen molar-refractivity contribution in [3.63, 3.8) is 0 Å². The molecular weight excluding hydrogens is 292 g/mol. The number of nitrogens with zero attached hydrogens (tertiary/aromatic N) is 4. The van der Waals surface area contributed by atoms with Crippen molar-refractivity contribution in [2.45, 2.75) is 31.2 Å². The van der Waals surface area contributed by atoms with E-state index in [0.29, 0.717) is 26.1 Å². The van der Waals surface area contributed by atoms with Crippen LogP contribution in [0.3, 0.4) is 0 Å². The minimum atomic E-state index is -3.54. The SMILES string of the molecule is CCCn1cc(S(=O)(=O)N(C)CC2CC(=O)N(C)C2)cn1. The van der Waals surface area contributed by atoms with Crippen molar-refractivity contribution in [2.24, 2.45) is 5.92 Å². The molecule has 1 aliphatic rings. The summed E-state index contributed by atoms with van der Waals surface area (Å²) >= 11 is 0. The average molecular weight is 314 g/mol. The minimum Gasteiger partial charge on any atom is -0.345 e. The molecule has 118 valence electrons. The second-order valence-electron chi connectivity index (χ2n) is 5.57. The predicted molar refractivity (Wildman–Crippen MR) is 78.1 cm³/mol. The number of carbonyl (C=O) groups excluding carboxylic acids is 1. The fourth-order valence-electron chi connectivity index (χ4n) is 2.55. The molecule has 1 aliphatic heterocycles. The van der Waals surface area contributed by atoms with Crippen LogP contribution in [0.5, 0.6) is 0 Å². The van der Waals surface area contributed by atoms with Gasteiger partial charge in [0.05, 0.1) is 6.20 Å². The molecule has 1 aromatic heterocycles. The number of sulfonamides is 1. The van der Waals surface area contributed by atoms with Crippen LogP contribution >= 0.6 is 0 Å². The molecule has 8 heteroatoms. The molecule has 0 aliphatic carbocycles. The summed E-state index contributed by atoms with van der Waals surface area (Å²) in [5.74, 6) is 0.120. The average Bonchev–Trinajstić information content (AvgIpc) is 2.98. The van der Waals surface area contributed by atoms with Crippen LogP contribution in [-0.2, 0) is 21.4 Å². The maximum Gasteiger partial charge on any atom is 0.245 e. The van der Waals surface area contributed by atoms with Gasteiger partial charge in [0.15, 0.2) is 0 Å². The van der Waals surface area contributed by atoms with Gasteiger partial charge >= 0.3 is 0 Å². The van der Waals surface area contributed by atoms with Gasteiger partial charge in [-0.05, 0) is 12.3 Å². The van der Waals surface area contributed by atoms with Crippen LogP contribution in [0.4, 0.5) is 0 Å². The van der Waals surface area contributed by atoms with Crippen molar-refractivity contribution in [3.05, 3.63) is 12.4 Å². The molecule has 1 saturated heterocycles. The molecule has 1 unspecified atom stereocenters. The van der Waals surface area contributed by atoms with Crippen molar-refractivity contribution in [1.82, 2.24) is 19.0 Å². The van der Waals surface area contributed by atoms with Crippen molar-refractivity contribution in [3.8, 4) is 0 Å². The number of hydrogen-bond acceptors (Lipinski definition) is 4. The van der Waals surface area contributed by atoms with Gasteiger partial charge in [0.2, 0.25) is 15.9 Å². The number of likely N-dealkylation sites (tertiary alicyclic amines) is 1. The molecule has 0 radical (unpaired) electrons. The zero-order valence-electron chi connectivity index (χ0n) is 12.7. The first-order valence-electron chi connectivity index (χ1n) is 7.07. The Balaban J connectivity index is 2.06. The Morgan fingerprint density at radius 3 is 2.76 bits per heavy atom. The first kappa shape index (κ1) is 16.0. The Hall–Kier alpha value is -1.41. The summed E-state index contributed by atoms with van der Waals surface area (Å²) in [5.41, 5.74) is 0. The molecule has 0 bridgehead atoms. The highest BCUT2D eigenvalue weighted by Crippen LogP contribution is 2.20. The molecule has 21 heavy (non-hydrogen) atoms. The fourth-order valence-corrected chi connectivity index (χ4v) is 3.75. The van der Waals surface area contributed by atoms with E-state index >= 15 is 0 Å². The lowest BCUT2D eigenvalue weighted by atomic mass is 10.1. The Morgan fingerprint density at radius 2 is 2.19 bits per heavy atom. The van der Waals surface area contributed by atoms with Gasteiger partial charge in [-0.1, -0.05) is 6.92 Å². The summed E-state index contributed by atoms with van der Waals surface area (Å²) in [7, 11) is -0.246. The van der Waals surface area contributed by atoms with Gasteiger partial charge in [0.25, 0.3) is 0 Å². The quantitative estimate of drug-likeness (QED) is 0.761. The van der Waals surface area contributed by atoms with E-state index in [9.17, 15) is 13.2 Å². The summed E-state index contributed by atoms with van der Waals surface area (Å²) in [6, 6.07) is 0. The van der Waals surface area contributed by atoms with Crippen molar-refractivity contribution >= 4 is 15.9 Å². The zero-order valence-corrected chi connectivity index (χ0v) is 13.5. The van der Waals surface area contributed by atoms with E-state index in [4.69, 9.17) is 0 Å². The fraction of sp³-hybridized carbons (Fsp3) is 0.692. The lowest BCUT2D eigenvalue weighted by Crippen LogP contribution is -2.32. The largest absolute Gasteiger partial charge is 0.345 e. The van der Waals surface area contributed by atoms with Crippen LogP contribution < -0.4 is 0 Å². The molecule has 0 aromatic carbocycles. The highest BCUT2D eigenvalue weighted by atomic mass is 32.2. The molecule has 0 N–H and O–H groups in total. The van der Waals surface area contributed by atoms with Crippen molar-refractivity contribution < 1.29 is 13.2 Å². The molecule has 1 aromatic rings. The summed E-state index contributed by atoms with van der Waals surface area (Å²) in [6.07, 6.45) is 4.24. The van der Waals surface area contributed by atoms with Crippen LogP contribution in [0.15, 0.2) is 17.3 Å². The summed E-state index contributed by atoms with van der Waals surface area (Å²) in [5, 5.41) is 4.06. The van der Waals surface area contributed by atoms with Crippen LogP contribution in [-0.4, -0.2) is 60.5 Å². The van der Waals surface area contributed by atoms with Crippen molar-refractivity contribution in [1.29, 1.82) is 0 Å². The number of rotatable bonds is 6. The van der Waals surface area contributed by atoms with Gasteiger partial charge in [-0.15, -0.1) is 0 Å². The lowest BCUT2D eigenvalue weighted by Gasteiger charge is -2.19. The summed E-state index contributed by atoms with van der Waals surface area (Å²) < 4.78 is 27.9. The van der Waals surface area contributed by atoms with Crippen molar-refractivity contribution in [2.75, 3.05) is 27.2 Å². The number of hydrogen-bond donors (Lipinski definition) is 0. The smallest absolute Gasteiger partial charge is 0.245 e. The third-order valence-corrected chi connectivity index (χ3v) is 5.48. The minimum absolute atomic E-state index is 0.0490. The van der Waals surface area contributed by atoms with Gasteiger partial charge in [-0.2, -0.15) is 5.10 Å². The summed E-state index contributed by atoms with van der Waals surface area (Å²) in [4.78, 5) is 13.4. The predicted octanol–water partition coefficient (Wildman–Crippen LogP) is 0.392. The van der Waals surface area contributed by atoms with Gasteiger partial charge in [-0.25, -0.2) is 12.7 Å². The zero-order chi connectivity index (χ0) is 15.6. The molecule has 1 atom stereocenters. The van der Waals surface area contributed by atoms with Gasteiger partial charge in [0, 0.05) is 46.3 Å². The molecule has 0 saturated carbocycles. The van der Waals surface area contributed by atoms with Crippen LogP contribution in [0.25, 0.3) is 0 Å². The van der Waals surface area contributed by atoms with Crippen LogP contribution in [0.2, 0.25) is 0 Å². The molecule has 1 amide bonds. The molecule has 0 spiro atoms. The van der Waals surface area contributed by atoms with Gasteiger partial charge in [-0.3, -0.25) is 9.48 Å². The maximum atomic E-state index is 12.5. The van der Waals surface area contributed by atoms with E-state index in [2.05, 4.69) is 5.10 Å². The lowest BCUT2D eigenvalue weighted by molar-refractivity contribution is -0.126. The first-order chi connectivity index (χ1) is 9.84. The highest BCUT2D eigenvalue weighted by molar-refractivity contribution is 7.89. The molecule has 7 nitrogen and oxygen atoms in total. The Labute approximate surface area is 125 Å². The van der Waals surface area contributed by atoms with Crippen LogP contribution in [0.1, 0.15) is 19.8 Å². The normalized spacial score (nSPS) is 19.7. The molecule has 2 rings (SSSR count). The van der Waals surface area contributed by atoms with E-state index in [1.54, 1.807) is 29.9 Å². The Bertz CT molecular complexity index is 611. The van der Waals surface area contributed by atoms with Gasteiger partial charge in [0.1, 0.15) is 4.90 Å². The Kier molecular flexibility index (Phi) is 4.67. The second-order valence-corrected chi connectivity index (χ2v) is 7.61. The number of amides is 1. The summed E-state index contributed by atoms with van der Waals surface area (Å²) in [6.45, 7) is 3.65. The molecule has 2 heterocycles. The maximum absolute atomic E-state index is 12.5. The van der Waals surface area contributed by atoms with Crippen LogP contribution in [0, 0.1) is 5.92 Å². The first-order valence-corrected chi connectivity index (χ1v) is 8.51. The van der Waals surface area contributed by atoms with E-state index in [0.717, 1.165) is 6.42 Å². The standard InChI is InChI=1S/C13H22N4O3S/c1-4-5-17-10-12(7-14-17)21(19,20)16(3)9-11-6-13(18)15(2)8-11/h7,10-11H,4-6,8-9H2,1-3H3. The molecule has 1 fully saturated rings. The van der Waals surface area contributed by atoms with Gasteiger partial charge < -0.3 is 4.90 Å². The van der Waals surface area contributed by atoms with E-state index in [-0.39, 0.29) is 16.7 Å². The number of aryl methyl sites for hydroxylation is 1. The van der Waals surface area contributed by atoms with E-state index in [1.165, 1.54) is 10.5 Å². The second kappa shape index (κ2) is 6.15.